The summed E-state index contributed by atoms with van der Waals surface area (Å²) in [5.41, 5.74) is 1.85. The van der Waals surface area contributed by atoms with Gasteiger partial charge < -0.3 is 5.32 Å². The molecular formula is C13H14BrFN4O2. The van der Waals surface area contributed by atoms with Crippen LogP contribution in [-0.4, -0.2) is 14.7 Å². The van der Waals surface area contributed by atoms with Gasteiger partial charge in [0.05, 0.1) is 21.2 Å². The fourth-order valence-corrected chi connectivity index (χ4v) is 2.39. The normalized spacial score (nSPS) is 10.7. The number of aromatic nitrogens is 2. The molecule has 0 aliphatic carbocycles. The zero-order valence-corrected chi connectivity index (χ0v) is 13.1. The van der Waals surface area contributed by atoms with Crippen molar-refractivity contribution in [3.63, 3.8) is 0 Å². The second-order valence-electron chi connectivity index (χ2n) is 4.52. The van der Waals surface area contributed by atoms with Crippen LogP contribution >= 0.6 is 15.9 Å². The number of nitrogens with zero attached hydrogens (tertiary/aromatic N) is 3. The largest absolute Gasteiger partial charge is 0.375 e. The fraction of sp³-hybridized carbons (Fsp3) is 0.308. The van der Waals surface area contributed by atoms with Crippen LogP contribution in [0.5, 0.6) is 0 Å². The molecule has 0 spiro atoms. The minimum atomic E-state index is -0.664. The van der Waals surface area contributed by atoms with Gasteiger partial charge in [0.25, 0.3) is 5.69 Å². The van der Waals surface area contributed by atoms with Crippen LogP contribution in [-0.2, 0) is 20.0 Å². The summed E-state index contributed by atoms with van der Waals surface area (Å²) in [6.07, 6.45) is 2.63. The smallest absolute Gasteiger partial charge is 0.295 e. The summed E-state index contributed by atoms with van der Waals surface area (Å²) < 4.78 is 15.3. The lowest BCUT2D eigenvalue weighted by Crippen LogP contribution is -2.04. The number of hydrogen-bond donors (Lipinski definition) is 1. The van der Waals surface area contributed by atoms with Crippen LogP contribution in [0.4, 0.5) is 15.8 Å². The molecule has 1 N–H and O–H groups in total. The van der Waals surface area contributed by atoms with Crippen LogP contribution in [0.3, 0.4) is 0 Å². The molecule has 0 aliphatic heterocycles. The Hall–Kier alpha value is -1.96. The highest BCUT2D eigenvalue weighted by Gasteiger charge is 2.18. The predicted octanol–water partition coefficient (Wildman–Crippen LogP) is 3.40. The van der Waals surface area contributed by atoms with E-state index in [0.717, 1.165) is 23.7 Å². The standard InChI is InChI=1S/C13H14BrFN4O2/c1-3-11-8(7-18(2)17-11)6-16-12-4-9(14)10(15)5-13(12)19(20)21/h4-5,7,16H,3,6H2,1-2H3. The second kappa shape index (κ2) is 6.21. The number of rotatable bonds is 5. The van der Waals surface area contributed by atoms with Crippen LogP contribution < -0.4 is 5.32 Å². The molecule has 21 heavy (non-hydrogen) atoms. The number of anilines is 1. The molecule has 112 valence electrons. The third-order valence-corrected chi connectivity index (χ3v) is 3.64. The molecule has 0 aliphatic rings. The van der Waals surface area contributed by atoms with Crippen molar-refractivity contribution in [3.8, 4) is 0 Å². The van der Waals surface area contributed by atoms with E-state index in [1.165, 1.54) is 6.07 Å². The minimum absolute atomic E-state index is 0.178. The maximum Gasteiger partial charge on any atom is 0.295 e. The first kappa shape index (κ1) is 15.4. The van der Waals surface area contributed by atoms with Crippen molar-refractivity contribution in [3.05, 3.63) is 50.0 Å². The fourth-order valence-electron chi connectivity index (χ4n) is 2.05. The minimum Gasteiger partial charge on any atom is -0.375 e. The summed E-state index contributed by atoms with van der Waals surface area (Å²) in [6.45, 7) is 2.37. The number of nitrogens with one attached hydrogen (secondary N) is 1. The van der Waals surface area contributed by atoms with E-state index in [-0.39, 0.29) is 15.8 Å². The summed E-state index contributed by atoms with van der Waals surface area (Å²) in [5, 5.41) is 18.3. The first-order valence-electron chi connectivity index (χ1n) is 6.31. The Labute approximate surface area is 129 Å². The van der Waals surface area contributed by atoms with E-state index < -0.39 is 10.7 Å². The number of nitro benzene ring substituents is 1. The average Bonchev–Trinajstić information content (AvgIpc) is 2.79. The number of halogens is 2. The molecule has 1 aromatic carbocycles. The number of aryl methyl sites for hydroxylation is 2. The van der Waals surface area contributed by atoms with Crippen LogP contribution in [0.1, 0.15) is 18.2 Å². The molecule has 6 nitrogen and oxygen atoms in total. The van der Waals surface area contributed by atoms with E-state index in [2.05, 4.69) is 26.3 Å². The van der Waals surface area contributed by atoms with Crippen LogP contribution in [0.25, 0.3) is 0 Å². The van der Waals surface area contributed by atoms with Gasteiger partial charge in [0.1, 0.15) is 11.5 Å². The Balaban J connectivity index is 2.27. The van der Waals surface area contributed by atoms with Gasteiger partial charge in [0.2, 0.25) is 0 Å². The van der Waals surface area contributed by atoms with Gasteiger partial charge in [-0.2, -0.15) is 5.10 Å². The molecule has 0 saturated heterocycles. The van der Waals surface area contributed by atoms with Crippen molar-refractivity contribution in [1.29, 1.82) is 0 Å². The van der Waals surface area contributed by atoms with Gasteiger partial charge in [-0.05, 0) is 28.4 Å². The van der Waals surface area contributed by atoms with Gasteiger partial charge >= 0.3 is 0 Å². The first-order chi connectivity index (χ1) is 9.92. The molecule has 0 saturated carbocycles. The van der Waals surface area contributed by atoms with E-state index in [4.69, 9.17) is 0 Å². The van der Waals surface area contributed by atoms with E-state index in [9.17, 15) is 14.5 Å². The van der Waals surface area contributed by atoms with E-state index >= 15 is 0 Å². The van der Waals surface area contributed by atoms with Crippen molar-refractivity contribution < 1.29 is 9.31 Å². The zero-order chi connectivity index (χ0) is 15.6. The van der Waals surface area contributed by atoms with Crippen molar-refractivity contribution in [2.24, 2.45) is 7.05 Å². The SMILES string of the molecule is CCc1nn(C)cc1CNc1cc(Br)c(F)cc1[N+](=O)[O-]. The van der Waals surface area contributed by atoms with E-state index in [1.807, 2.05) is 20.2 Å². The van der Waals surface area contributed by atoms with Crippen molar-refractivity contribution in [2.45, 2.75) is 19.9 Å². The van der Waals surface area contributed by atoms with Gasteiger partial charge in [-0.25, -0.2) is 4.39 Å². The molecule has 2 rings (SSSR count). The Morgan fingerprint density at radius 3 is 2.86 bits per heavy atom. The third-order valence-electron chi connectivity index (χ3n) is 3.03. The summed E-state index contributed by atoms with van der Waals surface area (Å²) in [4.78, 5) is 10.4. The van der Waals surface area contributed by atoms with E-state index in [1.54, 1.807) is 4.68 Å². The lowest BCUT2D eigenvalue weighted by molar-refractivity contribution is -0.384. The summed E-state index contributed by atoms with van der Waals surface area (Å²) >= 11 is 3.03. The lowest BCUT2D eigenvalue weighted by Gasteiger charge is -2.08. The van der Waals surface area contributed by atoms with Crippen LogP contribution in [0, 0.1) is 15.9 Å². The third kappa shape index (κ3) is 3.38. The number of benzene rings is 1. The molecule has 0 fully saturated rings. The summed E-state index contributed by atoms with van der Waals surface area (Å²) in [5.74, 6) is -0.664. The van der Waals surface area contributed by atoms with Crippen LogP contribution in [0.2, 0.25) is 0 Å². The topological polar surface area (TPSA) is 73.0 Å². The van der Waals surface area contributed by atoms with Gasteiger partial charge in [-0.1, -0.05) is 6.92 Å². The Morgan fingerprint density at radius 1 is 1.52 bits per heavy atom. The van der Waals surface area contributed by atoms with Crippen molar-refractivity contribution >= 4 is 27.3 Å². The van der Waals surface area contributed by atoms with E-state index in [0.29, 0.717) is 6.54 Å². The van der Waals surface area contributed by atoms with Gasteiger partial charge in [-0.3, -0.25) is 14.8 Å². The highest BCUT2D eigenvalue weighted by molar-refractivity contribution is 9.10. The molecular weight excluding hydrogens is 343 g/mol. The quantitative estimate of drug-likeness (QED) is 0.658. The maximum atomic E-state index is 13.4. The molecule has 1 aromatic heterocycles. The number of nitro groups is 1. The summed E-state index contributed by atoms with van der Waals surface area (Å²) in [7, 11) is 1.82. The van der Waals surface area contributed by atoms with Gasteiger partial charge in [0.15, 0.2) is 0 Å². The van der Waals surface area contributed by atoms with Gasteiger partial charge in [-0.15, -0.1) is 0 Å². The monoisotopic (exact) mass is 356 g/mol. The van der Waals surface area contributed by atoms with Crippen molar-refractivity contribution in [2.75, 3.05) is 5.32 Å². The predicted molar refractivity (Wildman–Crippen MR) is 80.7 cm³/mol. The highest BCUT2D eigenvalue weighted by atomic mass is 79.9. The maximum absolute atomic E-state index is 13.4. The average molecular weight is 357 g/mol. The highest BCUT2D eigenvalue weighted by Crippen LogP contribution is 2.31. The second-order valence-corrected chi connectivity index (χ2v) is 5.38. The molecule has 0 atom stereocenters. The zero-order valence-electron chi connectivity index (χ0n) is 11.6. The molecule has 2 aromatic rings. The lowest BCUT2D eigenvalue weighted by atomic mass is 10.2. The van der Waals surface area contributed by atoms with Gasteiger partial charge in [0, 0.05) is 25.4 Å². The Morgan fingerprint density at radius 2 is 2.24 bits per heavy atom. The molecule has 0 unspecified atom stereocenters. The molecule has 0 radical (unpaired) electrons. The van der Waals surface area contributed by atoms with Crippen LogP contribution in [0.15, 0.2) is 22.8 Å². The summed E-state index contributed by atoms with van der Waals surface area (Å²) in [6, 6.07) is 2.27. The van der Waals surface area contributed by atoms with Crippen molar-refractivity contribution in [1.82, 2.24) is 9.78 Å². The molecule has 1 heterocycles. The Kier molecular flexibility index (Phi) is 4.56. The molecule has 0 amide bonds. The Bertz CT molecular complexity index is 687. The first-order valence-corrected chi connectivity index (χ1v) is 7.10. The molecule has 8 heteroatoms. The molecule has 0 bridgehead atoms. The number of hydrogen-bond acceptors (Lipinski definition) is 4.